The Morgan fingerprint density at radius 2 is 2.11 bits per heavy atom. The van der Waals surface area contributed by atoms with Crippen molar-refractivity contribution in [1.29, 1.82) is 5.26 Å². The number of aromatic nitrogens is 1. The molecule has 0 radical (unpaired) electrons. The summed E-state index contributed by atoms with van der Waals surface area (Å²) in [6.07, 6.45) is 0. The lowest BCUT2D eigenvalue weighted by Crippen LogP contribution is -2.47. The van der Waals surface area contributed by atoms with Gasteiger partial charge >= 0.3 is 0 Å². The lowest BCUT2D eigenvalue weighted by Gasteiger charge is -2.22. The maximum Gasteiger partial charge on any atom is 0.273 e. The van der Waals surface area contributed by atoms with E-state index in [4.69, 9.17) is 5.26 Å². The molecule has 0 bridgehead atoms. The monoisotopic (exact) mass is 388 g/mol. The van der Waals surface area contributed by atoms with Crippen molar-refractivity contribution in [3.8, 4) is 6.07 Å². The molecule has 2 aromatic rings. The molecule has 6 nitrogen and oxygen atoms in total. The average molecular weight is 388 g/mol. The Morgan fingerprint density at radius 3 is 2.74 bits per heavy atom. The number of hydrogen-bond acceptors (Lipinski definition) is 5. The maximum atomic E-state index is 15.5. The van der Waals surface area contributed by atoms with Crippen molar-refractivity contribution in [3.05, 3.63) is 45.9 Å². The van der Waals surface area contributed by atoms with Gasteiger partial charge in [0.2, 0.25) is 5.67 Å². The summed E-state index contributed by atoms with van der Waals surface area (Å²) in [6, 6.07) is 7.95. The molecule has 2 amide bonds. The van der Waals surface area contributed by atoms with Crippen molar-refractivity contribution >= 4 is 28.8 Å². The highest BCUT2D eigenvalue weighted by Crippen LogP contribution is 2.47. The molecule has 0 saturated carbocycles. The summed E-state index contributed by atoms with van der Waals surface area (Å²) in [6.45, 7) is 0.0204. The summed E-state index contributed by atoms with van der Waals surface area (Å²) < 4.78 is 30.9. The minimum absolute atomic E-state index is 0.121. The molecule has 1 aromatic carbocycles. The zero-order valence-electron chi connectivity index (χ0n) is 14.3. The third kappa shape index (κ3) is 2.51. The third-order valence-electron chi connectivity index (χ3n) is 4.97. The van der Waals surface area contributed by atoms with Crippen molar-refractivity contribution in [2.24, 2.45) is 0 Å². The van der Waals surface area contributed by atoms with Crippen LogP contribution in [0.1, 0.15) is 21.1 Å². The number of nitriles is 1. The number of amides is 2. The van der Waals surface area contributed by atoms with E-state index in [-0.39, 0.29) is 16.9 Å². The summed E-state index contributed by atoms with van der Waals surface area (Å²) in [5, 5.41) is 11.2. The molecule has 0 unspecified atom stereocenters. The van der Waals surface area contributed by atoms with Crippen LogP contribution in [0.4, 0.5) is 14.5 Å². The van der Waals surface area contributed by atoms with Crippen LogP contribution in [0.15, 0.2) is 29.6 Å². The second-order valence-corrected chi connectivity index (χ2v) is 7.80. The Hall–Kier alpha value is -2.86. The molecule has 27 heavy (non-hydrogen) atoms. The van der Waals surface area contributed by atoms with Crippen LogP contribution in [0.2, 0.25) is 0 Å². The molecule has 2 aliphatic rings. The first kappa shape index (κ1) is 17.5. The fourth-order valence-electron chi connectivity index (χ4n) is 3.58. The fourth-order valence-corrected chi connectivity index (χ4v) is 4.17. The fraction of sp³-hybridized carbons (Fsp3) is 0.333. The van der Waals surface area contributed by atoms with Gasteiger partial charge in [-0.2, -0.15) is 5.26 Å². The maximum absolute atomic E-state index is 15.5. The topological polar surface area (TPSA) is 77.3 Å². The first-order chi connectivity index (χ1) is 12.8. The number of benzene rings is 1. The van der Waals surface area contributed by atoms with E-state index in [1.807, 2.05) is 6.07 Å². The number of carbonyl (C=O) groups is 2. The predicted molar refractivity (Wildman–Crippen MR) is 93.9 cm³/mol. The van der Waals surface area contributed by atoms with Crippen molar-refractivity contribution in [3.63, 3.8) is 0 Å². The minimum atomic E-state index is -2.82. The normalized spacial score (nSPS) is 27.0. The van der Waals surface area contributed by atoms with E-state index in [1.165, 1.54) is 34.9 Å². The van der Waals surface area contributed by atoms with E-state index < -0.39 is 42.8 Å². The van der Waals surface area contributed by atoms with Gasteiger partial charge in [-0.05, 0) is 25.1 Å². The number of anilines is 1. The summed E-state index contributed by atoms with van der Waals surface area (Å²) in [4.78, 5) is 31.3. The summed E-state index contributed by atoms with van der Waals surface area (Å²) in [5.41, 5.74) is -4.68. The lowest BCUT2D eigenvalue weighted by atomic mass is 9.93. The Kier molecular flexibility index (Phi) is 3.78. The Bertz CT molecular complexity index is 1000. The highest BCUT2D eigenvalue weighted by Gasteiger charge is 2.72. The minimum Gasteiger partial charge on any atom is -0.330 e. The molecule has 2 aliphatic heterocycles. The number of fused-ring (bicyclic) bond motifs is 1. The largest absolute Gasteiger partial charge is 0.330 e. The van der Waals surface area contributed by atoms with Gasteiger partial charge in [-0.15, -0.1) is 11.3 Å². The van der Waals surface area contributed by atoms with E-state index in [9.17, 15) is 9.59 Å². The molecule has 0 aliphatic carbocycles. The summed E-state index contributed by atoms with van der Waals surface area (Å²) in [7, 11) is 0. The van der Waals surface area contributed by atoms with Crippen LogP contribution >= 0.6 is 11.3 Å². The number of halogens is 2. The number of nitrogens with zero attached hydrogens (tertiary/aromatic N) is 4. The average Bonchev–Trinajstić information content (AvgIpc) is 3.25. The van der Waals surface area contributed by atoms with Crippen molar-refractivity contribution in [1.82, 2.24) is 9.88 Å². The Balaban J connectivity index is 1.62. The van der Waals surface area contributed by atoms with Gasteiger partial charge in [0.25, 0.3) is 11.8 Å². The third-order valence-corrected chi connectivity index (χ3v) is 5.74. The molecule has 4 rings (SSSR count). The molecular formula is C18H14F2N4O2S. The molecule has 0 spiro atoms. The SMILES string of the molecule is Cc1nc(C(=O)N2C[C@]3(F)CN(c4cccc(C#N)c4)C(=O)[C@]3(F)C2)cs1. The van der Waals surface area contributed by atoms with Crippen molar-refractivity contribution in [2.75, 3.05) is 24.5 Å². The van der Waals surface area contributed by atoms with Gasteiger partial charge in [-0.3, -0.25) is 9.59 Å². The van der Waals surface area contributed by atoms with Crippen LogP contribution in [0.25, 0.3) is 0 Å². The van der Waals surface area contributed by atoms with Crippen molar-refractivity contribution in [2.45, 2.75) is 18.3 Å². The van der Waals surface area contributed by atoms with Gasteiger partial charge in [-0.1, -0.05) is 6.07 Å². The van der Waals surface area contributed by atoms with Crippen LogP contribution in [-0.4, -0.2) is 52.7 Å². The van der Waals surface area contributed by atoms with Crippen molar-refractivity contribution < 1.29 is 18.4 Å². The molecule has 1 aromatic heterocycles. The van der Waals surface area contributed by atoms with Crippen LogP contribution < -0.4 is 4.90 Å². The Labute approximate surface area is 157 Å². The molecule has 138 valence electrons. The number of hydrogen-bond donors (Lipinski definition) is 0. The molecule has 0 N–H and O–H groups in total. The van der Waals surface area contributed by atoms with Crippen LogP contribution in [-0.2, 0) is 4.79 Å². The lowest BCUT2D eigenvalue weighted by molar-refractivity contribution is -0.130. The predicted octanol–water partition coefficient (Wildman–Crippen LogP) is 2.24. The Morgan fingerprint density at radius 1 is 1.33 bits per heavy atom. The second-order valence-electron chi connectivity index (χ2n) is 6.73. The van der Waals surface area contributed by atoms with Crippen LogP contribution in [0, 0.1) is 18.3 Å². The van der Waals surface area contributed by atoms with E-state index >= 15 is 8.78 Å². The summed E-state index contributed by atoms with van der Waals surface area (Å²) in [5.74, 6) is -1.63. The molecular weight excluding hydrogens is 374 g/mol. The number of thiazole rings is 1. The van der Waals surface area contributed by atoms with Gasteiger partial charge in [0, 0.05) is 11.1 Å². The summed E-state index contributed by atoms with van der Waals surface area (Å²) >= 11 is 1.27. The highest BCUT2D eigenvalue weighted by molar-refractivity contribution is 7.09. The van der Waals surface area contributed by atoms with Crippen LogP contribution in [0.3, 0.4) is 0 Å². The first-order valence-electron chi connectivity index (χ1n) is 8.19. The molecule has 9 heteroatoms. The van der Waals surface area contributed by atoms with E-state index in [0.717, 1.165) is 9.80 Å². The number of carbonyl (C=O) groups excluding carboxylic acids is 2. The van der Waals surface area contributed by atoms with E-state index in [1.54, 1.807) is 13.0 Å². The number of alkyl halides is 2. The number of rotatable bonds is 2. The highest BCUT2D eigenvalue weighted by atomic mass is 32.1. The second kappa shape index (κ2) is 5.82. The first-order valence-corrected chi connectivity index (χ1v) is 9.07. The zero-order chi connectivity index (χ0) is 19.4. The van der Waals surface area contributed by atoms with Gasteiger partial charge in [0.15, 0.2) is 5.67 Å². The quantitative estimate of drug-likeness (QED) is 0.791. The molecule has 2 fully saturated rings. The van der Waals surface area contributed by atoms with E-state index in [2.05, 4.69) is 4.98 Å². The van der Waals surface area contributed by atoms with Gasteiger partial charge in [-0.25, -0.2) is 13.8 Å². The molecule has 2 atom stereocenters. The van der Waals surface area contributed by atoms with Gasteiger partial charge in [0.05, 0.1) is 36.3 Å². The van der Waals surface area contributed by atoms with Crippen LogP contribution in [0.5, 0.6) is 0 Å². The smallest absolute Gasteiger partial charge is 0.273 e. The standard InChI is InChI=1S/C18H14F2N4O2S/c1-11-22-14(7-27-11)15(25)23-8-17(19)9-24(16(26)18(17,20)10-23)13-4-2-3-12(5-13)6-21/h2-5,7H,8-10H2,1H3/t17-,18+/m0/s1. The number of aryl methyl sites for hydroxylation is 1. The zero-order valence-corrected chi connectivity index (χ0v) is 15.1. The molecule has 2 saturated heterocycles. The molecule has 3 heterocycles. The van der Waals surface area contributed by atoms with E-state index in [0.29, 0.717) is 5.01 Å². The van der Waals surface area contributed by atoms with Gasteiger partial charge < -0.3 is 9.80 Å². The van der Waals surface area contributed by atoms with Gasteiger partial charge in [0.1, 0.15) is 5.69 Å². The number of likely N-dealkylation sites (tertiary alicyclic amines) is 1.